The van der Waals surface area contributed by atoms with Gasteiger partial charge in [-0.05, 0) is 0 Å². The van der Waals surface area contributed by atoms with Crippen LogP contribution in [0.15, 0.2) is 0 Å². The van der Waals surface area contributed by atoms with Gasteiger partial charge < -0.3 is 16.0 Å². The minimum absolute atomic E-state index is 0.261. The van der Waals surface area contributed by atoms with Crippen molar-refractivity contribution in [2.24, 2.45) is 7.05 Å². The lowest BCUT2D eigenvalue weighted by Gasteiger charge is -2.28. The summed E-state index contributed by atoms with van der Waals surface area (Å²) in [5.41, 5.74) is 7.11. The zero-order valence-corrected chi connectivity index (χ0v) is 9.59. The molecule has 2 aromatic rings. The lowest BCUT2D eigenvalue weighted by molar-refractivity contribution is 0.586. The van der Waals surface area contributed by atoms with Crippen molar-refractivity contribution in [3.63, 3.8) is 0 Å². The molecule has 0 amide bonds. The molecule has 3 heterocycles. The molecule has 90 valence electrons. The van der Waals surface area contributed by atoms with Gasteiger partial charge in [0.05, 0.1) is 0 Å². The molecule has 0 unspecified atom stereocenters. The highest BCUT2D eigenvalue weighted by molar-refractivity contribution is 5.84. The van der Waals surface area contributed by atoms with Gasteiger partial charge in [0, 0.05) is 33.2 Å². The Kier molecular flexibility index (Phi) is 2.29. The number of hydrogen-bond donors (Lipinski definition) is 2. The first-order valence-electron chi connectivity index (χ1n) is 5.54. The van der Waals surface area contributed by atoms with Gasteiger partial charge in [-0.2, -0.15) is 9.97 Å². The van der Waals surface area contributed by atoms with Crippen LogP contribution in [0.4, 0.5) is 11.8 Å². The molecule has 0 atom stereocenters. The maximum atomic E-state index is 5.73. The number of nitrogen functional groups attached to an aromatic ring is 1. The Morgan fingerprint density at radius 1 is 1.24 bits per heavy atom. The van der Waals surface area contributed by atoms with Crippen LogP contribution in [-0.2, 0) is 7.05 Å². The average molecular weight is 234 g/mol. The zero-order valence-electron chi connectivity index (χ0n) is 9.59. The molecule has 0 radical (unpaired) electrons. The van der Waals surface area contributed by atoms with Crippen LogP contribution in [0.5, 0.6) is 0 Å². The van der Waals surface area contributed by atoms with Crippen molar-refractivity contribution in [2.75, 3.05) is 36.8 Å². The Balaban J connectivity index is 2.13. The summed E-state index contributed by atoms with van der Waals surface area (Å²) in [6.07, 6.45) is 0. The molecule has 8 heteroatoms. The highest BCUT2D eigenvalue weighted by Crippen LogP contribution is 2.22. The van der Waals surface area contributed by atoms with Crippen LogP contribution in [0.1, 0.15) is 0 Å². The highest BCUT2D eigenvalue weighted by Gasteiger charge is 2.19. The van der Waals surface area contributed by atoms with E-state index in [2.05, 4.69) is 30.5 Å². The Morgan fingerprint density at radius 3 is 2.76 bits per heavy atom. The van der Waals surface area contributed by atoms with Gasteiger partial charge in [0.1, 0.15) is 0 Å². The van der Waals surface area contributed by atoms with Gasteiger partial charge >= 0.3 is 0 Å². The van der Waals surface area contributed by atoms with Crippen LogP contribution >= 0.6 is 0 Å². The Morgan fingerprint density at radius 2 is 2.00 bits per heavy atom. The highest BCUT2D eigenvalue weighted by atomic mass is 15.4. The smallest absolute Gasteiger partial charge is 0.224 e. The predicted octanol–water partition coefficient (Wildman–Crippen LogP) is -1.25. The minimum Gasteiger partial charge on any atom is -0.368 e. The Bertz CT molecular complexity index is 541. The molecule has 1 aliphatic heterocycles. The molecule has 2 aromatic heterocycles. The molecule has 0 aliphatic carbocycles. The molecule has 3 N–H and O–H groups in total. The Labute approximate surface area is 97.8 Å². The lowest BCUT2D eigenvalue weighted by atomic mass is 10.3. The van der Waals surface area contributed by atoms with Crippen molar-refractivity contribution in [3.05, 3.63) is 0 Å². The molecule has 1 saturated heterocycles. The van der Waals surface area contributed by atoms with Crippen molar-refractivity contribution in [2.45, 2.75) is 0 Å². The lowest BCUT2D eigenvalue weighted by Crippen LogP contribution is -2.44. The van der Waals surface area contributed by atoms with E-state index in [-0.39, 0.29) is 5.95 Å². The van der Waals surface area contributed by atoms with E-state index in [1.807, 2.05) is 0 Å². The van der Waals surface area contributed by atoms with Crippen molar-refractivity contribution in [1.29, 1.82) is 0 Å². The SMILES string of the molecule is Cn1nnc2c(N3CCNCC3)nc(N)nc21. The molecule has 0 spiro atoms. The van der Waals surface area contributed by atoms with Crippen LogP contribution < -0.4 is 16.0 Å². The molecule has 3 rings (SSSR count). The topological polar surface area (TPSA) is 97.8 Å². The van der Waals surface area contributed by atoms with E-state index in [1.165, 1.54) is 0 Å². The quantitative estimate of drug-likeness (QED) is 0.636. The van der Waals surface area contributed by atoms with E-state index in [4.69, 9.17) is 5.73 Å². The van der Waals surface area contributed by atoms with Gasteiger partial charge in [0.2, 0.25) is 5.95 Å². The molecular formula is C9H14N8. The van der Waals surface area contributed by atoms with Crippen LogP contribution in [0, 0.1) is 0 Å². The fraction of sp³-hybridized carbons (Fsp3) is 0.556. The number of nitrogens with one attached hydrogen (secondary N) is 1. The van der Waals surface area contributed by atoms with Gasteiger partial charge in [-0.3, -0.25) is 0 Å². The number of hydrogen-bond acceptors (Lipinski definition) is 7. The van der Waals surface area contributed by atoms with E-state index in [0.29, 0.717) is 11.2 Å². The molecule has 0 saturated carbocycles. The number of aromatic nitrogens is 5. The van der Waals surface area contributed by atoms with Crippen molar-refractivity contribution < 1.29 is 0 Å². The fourth-order valence-electron chi connectivity index (χ4n) is 2.01. The molecule has 17 heavy (non-hydrogen) atoms. The molecular weight excluding hydrogens is 220 g/mol. The van der Waals surface area contributed by atoms with E-state index in [0.717, 1.165) is 32.0 Å². The van der Waals surface area contributed by atoms with Crippen LogP contribution in [0.3, 0.4) is 0 Å². The monoisotopic (exact) mass is 234 g/mol. The minimum atomic E-state index is 0.261. The number of fused-ring (bicyclic) bond motifs is 1. The first-order chi connectivity index (χ1) is 8.25. The summed E-state index contributed by atoms with van der Waals surface area (Å²) < 4.78 is 1.61. The maximum absolute atomic E-state index is 5.73. The molecule has 1 aliphatic rings. The maximum Gasteiger partial charge on any atom is 0.224 e. The van der Waals surface area contributed by atoms with Crippen LogP contribution in [0.25, 0.3) is 11.2 Å². The van der Waals surface area contributed by atoms with Gasteiger partial charge in [0.25, 0.3) is 0 Å². The van der Waals surface area contributed by atoms with Crippen LogP contribution in [-0.4, -0.2) is 51.1 Å². The first-order valence-corrected chi connectivity index (χ1v) is 5.54. The molecule has 8 nitrogen and oxygen atoms in total. The number of rotatable bonds is 1. The number of nitrogens with two attached hydrogens (primary N) is 1. The van der Waals surface area contributed by atoms with Crippen molar-refractivity contribution >= 4 is 22.9 Å². The van der Waals surface area contributed by atoms with Crippen LogP contribution in [0.2, 0.25) is 0 Å². The summed E-state index contributed by atoms with van der Waals surface area (Å²) in [4.78, 5) is 10.6. The summed E-state index contributed by atoms with van der Waals surface area (Å²) in [6.45, 7) is 3.65. The second-order valence-electron chi connectivity index (χ2n) is 4.03. The first kappa shape index (κ1) is 10.2. The summed E-state index contributed by atoms with van der Waals surface area (Å²) in [5, 5.41) is 11.4. The van der Waals surface area contributed by atoms with E-state index >= 15 is 0 Å². The molecule has 1 fully saturated rings. The van der Waals surface area contributed by atoms with E-state index in [1.54, 1.807) is 11.7 Å². The van der Waals surface area contributed by atoms with E-state index < -0.39 is 0 Å². The fourth-order valence-corrected chi connectivity index (χ4v) is 2.01. The zero-order chi connectivity index (χ0) is 11.8. The third-order valence-electron chi connectivity index (χ3n) is 2.87. The van der Waals surface area contributed by atoms with E-state index in [9.17, 15) is 0 Å². The van der Waals surface area contributed by atoms with Gasteiger partial charge in [-0.25, -0.2) is 4.68 Å². The number of nitrogens with zero attached hydrogens (tertiary/aromatic N) is 6. The summed E-state index contributed by atoms with van der Waals surface area (Å²) in [7, 11) is 1.79. The van der Waals surface area contributed by atoms with Gasteiger partial charge in [-0.15, -0.1) is 5.10 Å². The normalized spacial score (nSPS) is 16.6. The van der Waals surface area contributed by atoms with Crippen molar-refractivity contribution in [1.82, 2.24) is 30.3 Å². The Hall–Kier alpha value is -1.96. The van der Waals surface area contributed by atoms with Gasteiger partial charge in [-0.1, -0.05) is 5.21 Å². The summed E-state index contributed by atoms with van der Waals surface area (Å²) >= 11 is 0. The number of aryl methyl sites for hydroxylation is 1. The predicted molar refractivity (Wildman–Crippen MR) is 63.6 cm³/mol. The third kappa shape index (κ3) is 1.66. The van der Waals surface area contributed by atoms with Gasteiger partial charge in [0.15, 0.2) is 17.0 Å². The third-order valence-corrected chi connectivity index (χ3v) is 2.87. The largest absolute Gasteiger partial charge is 0.368 e. The number of anilines is 2. The molecule has 0 aromatic carbocycles. The number of piperazine rings is 1. The summed E-state index contributed by atoms with van der Waals surface area (Å²) in [6, 6.07) is 0. The average Bonchev–Trinajstić information content (AvgIpc) is 2.72. The standard InChI is InChI=1S/C9H14N8/c1-16-7-6(14-15-16)8(13-9(10)12-7)17-4-2-11-3-5-17/h11H,2-5H2,1H3,(H2,10,12,13). The molecule has 0 bridgehead atoms. The summed E-state index contributed by atoms with van der Waals surface area (Å²) in [5.74, 6) is 1.04. The second-order valence-corrected chi connectivity index (χ2v) is 4.03. The second kappa shape index (κ2) is 3.81. The van der Waals surface area contributed by atoms with Crippen molar-refractivity contribution in [3.8, 4) is 0 Å².